The summed E-state index contributed by atoms with van der Waals surface area (Å²) < 4.78 is 12.9. The first kappa shape index (κ1) is 12.5. The molecule has 2 fully saturated rings. The van der Waals surface area contributed by atoms with E-state index < -0.39 is 0 Å². The maximum absolute atomic E-state index is 12.1. The van der Waals surface area contributed by atoms with Crippen molar-refractivity contribution < 1.29 is 14.3 Å². The summed E-state index contributed by atoms with van der Waals surface area (Å²) in [6.07, 6.45) is 7.32. The molecule has 0 amide bonds. The molecule has 1 aliphatic carbocycles. The average molecular weight is 264 g/mol. The third kappa shape index (κ3) is 2.92. The zero-order chi connectivity index (χ0) is 13.2. The van der Waals surface area contributed by atoms with Crippen LogP contribution >= 0.6 is 0 Å². The maximum atomic E-state index is 12.1. The van der Waals surface area contributed by atoms with Gasteiger partial charge in [-0.15, -0.1) is 0 Å². The van der Waals surface area contributed by atoms with Crippen LogP contribution in [-0.2, 0) is 9.47 Å². The fraction of sp³-hybridized carbons (Fsp3) is 0.643. The highest BCUT2D eigenvalue weighted by atomic mass is 16.6. The molecule has 104 valence electrons. The zero-order valence-corrected chi connectivity index (χ0v) is 11.0. The maximum Gasteiger partial charge on any atom is 0.355 e. The number of hydrogen-bond donors (Lipinski definition) is 1. The van der Waals surface area contributed by atoms with Crippen LogP contribution in [-0.4, -0.2) is 29.9 Å². The van der Waals surface area contributed by atoms with Crippen molar-refractivity contribution in [3.05, 3.63) is 18.0 Å². The van der Waals surface area contributed by atoms with Crippen molar-refractivity contribution >= 4 is 11.7 Å². The standard InChI is InChI=1S/C14H20N2O3/c15-10-7-13(16(8-10)11-4-5-11)14(17)19-9-12-3-1-2-6-18-12/h7-8,11-12H,1-6,9,15H2. The van der Waals surface area contributed by atoms with Crippen LogP contribution in [0.25, 0.3) is 0 Å². The Labute approximate surface area is 112 Å². The van der Waals surface area contributed by atoms with E-state index >= 15 is 0 Å². The highest BCUT2D eigenvalue weighted by Gasteiger charge is 2.28. The average Bonchev–Trinajstić information content (AvgIpc) is 3.20. The first-order valence-corrected chi connectivity index (χ1v) is 7.00. The Balaban J connectivity index is 1.60. The van der Waals surface area contributed by atoms with Gasteiger partial charge in [-0.25, -0.2) is 4.79 Å². The van der Waals surface area contributed by atoms with Gasteiger partial charge in [-0.05, 0) is 38.2 Å². The van der Waals surface area contributed by atoms with Crippen molar-refractivity contribution in [2.75, 3.05) is 18.9 Å². The number of nitrogens with zero attached hydrogens (tertiary/aromatic N) is 1. The Kier molecular flexibility index (Phi) is 3.46. The van der Waals surface area contributed by atoms with Crippen LogP contribution in [0.15, 0.2) is 12.3 Å². The molecule has 0 aromatic carbocycles. The molecular weight excluding hydrogens is 244 g/mol. The minimum atomic E-state index is -0.294. The molecule has 0 spiro atoms. The summed E-state index contributed by atoms with van der Waals surface area (Å²) >= 11 is 0. The minimum absolute atomic E-state index is 0.0550. The summed E-state index contributed by atoms with van der Waals surface area (Å²) in [4.78, 5) is 12.1. The monoisotopic (exact) mass is 264 g/mol. The Hall–Kier alpha value is -1.49. The van der Waals surface area contributed by atoms with Crippen LogP contribution < -0.4 is 5.73 Å². The number of carbonyl (C=O) groups excluding carboxylic acids is 1. The van der Waals surface area contributed by atoms with Crippen molar-refractivity contribution in [3.63, 3.8) is 0 Å². The SMILES string of the molecule is Nc1cc(C(=O)OCC2CCCCO2)n(C2CC2)c1. The third-order valence-corrected chi connectivity index (χ3v) is 3.69. The van der Waals surface area contributed by atoms with Gasteiger partial charge >= 0.3 is 5.97 Å². The molecule has 2 heterocycles. The fourth-order valence-corrected chi connectivity index (χ4v) is 2.50. The van der Waals surface area contributed by atoms with E-state index in [0.29, 0.717) is 24.0 Å². The number of ether oxygens (including phenoxy) is 2. The second kappa shape index (κ2) is 5.25. The number of carbonyl (C=O) groups is 1. The topological polar surface area (TPSA) is 66.5 Å². The minimum Gasteiger partial charge on any atom is -0.458 e. The molecule has 5 heteroatoms. The molecule has 2 N–H and O–H groups in total. The highest BCUT2D eigenvalue weighted by molar-refractivity contribution is 5.89. The lowest BCUT2D eigenvalue weighted by Crippen LogP contribution is -2.26. The summed E-state index contributed by atoms with van der Waals surface area (Å²) in [6.45, 7) is 1.11. The molecule has 0 bridgehead atoms. The second-order valence-corrected chi connectivity index (χ2v) is 5.38. The molecule has 19 heavy (non-hydrogen) atoms. The predicted molar refractivity (Wildman–Crippen MR) is 71.0 cm³/mol. The van der Waals surface area contributed by atoms with Crippen LogP contribution in [0.3, 0.4) is 0 Å². The van der Waals surface area contributed by atoms with Gasteiger partial charge in [0.2, 0.25) is 0 Å². The molecule has 1 aliphatic heterocycles. The summed E-state index contributed by atoms with van der Waals surface area (Å²) in [6, 6.07) is 2.12. The van der Waals surface area contributed by atoms with E-state index in [1.807, 2.05) is 10.8 Å². The molecular formula is C14H20N2O3. The van der Waals surface area contributed by atoms with Gasteiger partial charge in [-0.2, -0.15) is 0 Å². The smallest absolute Gasteiger partial charge is 0.355 e. The van der Waals surface area contributed by atoms with Crippen molar-refractivity contribution in [3.8, 4) is 0 Å². The zero-order valence-electron chi connectivity index (χ0n) is 11.0. The summed E-state index contributed by atoms with van der Waals surface area (Å²) in [5.74, 6) is -0.294. The molecule has 0 radical (unpaired) electrons. The van der Waals surface area contributed by atoms with E-state index in [2.05, 4.69) is 0 Å². The van der Waals surface area contributed by atoms with Crippen molar-refractivity contribution in [1.82, 2.24) is 4.57 Å². The van der Waals surface area contributed by atoms with E-state index in [-0.39, 0.29) is 12.1 Å². The Morgan fingerprint density at radius 3 is 2.95 bits per heavy atom. The lowest BCUT2D eigenvalue weighted by Gasteiger charge is -2.22. The number of hydrogen-bond acceptors (Lipinski definition) is 4. The summed E-state index contributed by atoms with van der Waals surface area (Å²) in [5, 5.41) is 0. The molecule has 1 aromatic heterocycles. The van der Waals surface area contributed by atoms with Crippen molar-refractivity contribution in [2.45, 2.75) is 44.2 Å². The second-order valence-electron chi connectivity index (χ2n) is 5.38. The largest absolute Gasteiger partial charge is 0.458 e. The summed E-state index contributed by atoms with van der Waals surface area (Å²) in [7, 11) is 0. The fourth-order valence-electron chi connectivity index (χ4n) is 2.50. The number of nitrogen functional groups attached to an aromatic ring is 1. The van der Waals surface area contributed by atoms with E-state index in [9.17, 15) is 4.79 Å². The van der Waals surface area contributed by atoms with Crippen LogP contribution in [0.4, 0.5) is 5.69 Å². The van der Waals surface area contributed by atoms with Crippen molar-refractivity contribution in [2.24, 2.45) is 0 Å². The molecule has 1 unspecified atom stereocenters. The number of rotatable bonds is 4. The molecule has 1 saturated heterocycles. The number of esters is 1. The number of aromatic nitrogens is 1. The van der Waals surface area contributed by atoms with Crippen LogP contribution in [0.2, 0.25) is 0 Å². The first-order chi connectivity index (χ1) is 9.24. The number of nitrogens with two attached hydrogens (primary N) is 1. The van der Waals surface area contributed by atoms with Gasteiger partial charge < -0.3 is 19.8 Å². The van der Waals surface area contributed by atoms with Gasteiger partial charge in [0.1, 0.15) is 12.3 Å². The van der Waals surface area contributed by atoms with Gasteiger partial charge in [-0.3, -0.25) is 0 Å². The summed E-state index contributed by atoms with van der Waals surface area (Å²) in [5.41, 5.74) is 6.95. The van der Waals surface area contributed by atoms with E-state index in [4.69, 9.17) is 15.2 Å². The van der Waals surface area contributed by atoms with Crippen molar-refractivity contribution in [1.29, 1.82) is 0 Å². The Morgan fingerprint density at radius 2 is 2.26 bits per heavy atom. The van der Waals surface area contributed by atoms with Gasteiger partial charge in [-0.1, -0.05) is 0 Å². The van der Waals surface area contributed by atoms with Gasteiger partial charge in [0.15, 0.2) is 0 Å². The van der Waals surface area contributed by atoms with E-state index in [0.717, 1.165) is 38.7 Å². The Bertz CT molecular complexity index is 459. The van der Waals surface area contributed by atoms with Gasteiger partial charge in [0.25, 0.3) is 0 Å². The highest BCUT2D eigenvalue weighted by Crippen LogP contribution is 2.37. The molecule has 2 aliphatic rings. The van der Waals surface area contributed by atoms with Gasteiger partial charge in [0.05, 0.1) is 11.8 Å². The predicted octanol–water partition coefficient (Wildman–Crippen LogP) is 2.13. The molecule has 3 rings (SSSR count). The lowest BCUT2D eigenvalue weighted by molar-refractivity contribution is -0.0304. The Morgan fingerprint density at radius 1 is 1.42 bits per heavy atom. The van der Waals surface area contributed by atoms with Crippen LogP contribution in [0, 0.1) is 0 Å². The quantitative estimate of drug-likeness (QED) is 0.846. The normalized spacial score (nSPS) is 23.3. The van der Waals surface area contributed by atoms with Crippen LogP contribution in [0.5, 0.6) is 0 Å². The van der Waals surface area contributed by atoms with E-state index in [1.165, 1.54) is 0 Å². The van der Waals surface area contributed by atoms with E-state index in [1.54, 1.807) is 6.07 Å². The number of anilines is 1. The molecule has 1 atom stereocenters. The molecule has 5 nitrogen and oxygen atoms in total. The third-order valence-electron chi connectivity index (χ3n) is 3.69. The van der Waals surface area contributed by atoms with Crippen LogP contribution in [0.1, 0.15) is 48.6 Å². The molecule has 1 aromatic rings. The lowest BCUT2D eigenvalue weighted by atomic mass is 10.1. The molecule has 1 saturated carbocycles. The van der Waals surface area contributed by atoms with Gasteiger partial charge in [0, 0.05) is 18.8 Å². The first-order valence-electron chi connectivity index (χ1n) is 7.00.